The third-order valence-corrected chi connectivity index (χ3v) is 19.8. The number of carboxylic acid groups (broad SMARTS) is 1. The lowest BCUT2D eigenvalue weighted by atomic mass is 9.95. The number of nitrogens with one attached hydrogen (secondary N) is 11. The number of amides is 9. The number of nitrogens with zero attached hydrogens (tertiary/aromatic N) is 2. The number of aliphatic carboxylic acids is 1. The Hall–Kier alpha value is -9.81. The van der Waals surface area contributed by atoms with Crippen LogP contribution in [-0.4, -0.2) is 175 Å². The molecule has 30 heteroatoms. The minimum absolute atomic E-state index is 0.0553. The summed E-state index contributed by atoms with van der Waals surface area (Å²) in [5.74, 6) is -7.53. The molecule has 101 heavy (non-hydrogen) atoms. The highest BCUT2D eigenvalue weighted by atomic mass is 32.2. The molecule has 538 valence electrons. The lowest BCUT2D eigenvalue weighted by Crippen LogP contribution is -2.62. The van der Waals surface area contributed by atoms with Gasteiger partial charge in [-0.25, -0.2) is 13.8 Å². The zero-order valence-electron chi connectivity index (χ0n) is 56.4. The van der Waals surface area contributed by atoms with Crippen LogP contribution in [0, 0.1) is 11.6 Å². The van der Waals surface area contributed by atoms with E-state index >= 15 is 19.2 Å². The maximum absolute atomic E-state index is 15.2. The number of benzene rings is 4. The number of unbranched alkanes of at least 4 members (excludes halogenated alkanes) is 1. The number of ether oxygens (including phenoxy) is 1. The second-order valence-electron chi connectivity index (χ2n) is 25.3. The van der Waals surface area contributed by atoms with Crippen LogP contribution in [0.2, 0.25) is 0 Å². The van der Waals surface area contributed by atoms with Gasteiger partial charge in [-0.1, -0.05) is 36.4 Å². The van der Waals surface area contributed by atoms with Crippen LogP contribution in [0.3, 0.4) is 0 Å². The second-order valence-corrected chi connectivity index (χ2v) is 27.5. The summed E-state index contributed by atoms with van der Waals surface area (Å²) < 4.78 is 35.6. The molecule has 9 rings (SSSR count). The van der Waals surface area contributed by atoms with E-state index in [1.165, 1.54) is 84.9 Å². The molecule has 2 aliphatic heterocycles. The van der Waals surface area contributed by atoms with Gasteiger partial charge in [0, 0.05) is 109 Å². The molecular weight excluding hydrogens is 1340 g/mol. The van der Waals surface area contributed by atoms with Crippen molar-refractivity contribution in [3.05, 3.63) is 155 Å². The molecule has 0 saturated carbocycles. The summed E-state index contributed by atoms with van der Waals surface area (Å²) in [5.41, 5.74) is 8.83. The number of H-pyrrole nitrogens is 3. The van der Waals surface area contributed by atoms with Gasteiger partial charge >= 0.3 is 5.97 Å². The number of carboxylic acids is 1. The summed E-state index contributed by atoms with van der Waals surface area (Å²) >= 11 is 3.13. The third kappa shape index (κ3) is 20.9. The average Bonchev–Trinajstić information content (AvgIpc) is 1.69. The molecule has 7 aromatic rings. The number of hydrogen-bond donors (Lipinski definition) is 13. The van der Waals surface area contributed by atoms with Crippen molar-refractivity contribution in [2.45, 2.75) is 151 Å². The highest BCUT2D eigenvalue weighted by molar-refractivity contribution is 7.98. The van der Waals surface area contributed by atoms with Gasteiger partial charge in [0.15, 0.2) is 0 Å². The van der Waals surface area contributed by atoms with Crippen molar-refractivity contribution >= 4 is 104 Å². The van der Waals surface area contributed by atoms with E-state index < -0.39 is 131 Å². The molecule has 2 bridgehead atoms. The molecule has 8 atom stereocenters. The van der Waals surface area contributed by atoms with Crippen LogP contribution in [0.4, 0.5) is 8.78 Å². The Morgan fingerprint density at radius 3 is 1.83 bits per heavy atom. The molecule has 0 unspecified atom stereocenters. The first-order valence-electron chi connectivity index (χ1n) is 33.6. The van der Waals surface area contributed by atoms with Crippen LogP contribution >= 0.6 is 23.5 Å². The van der Waals surface area contributed by atoms with E-state index in [4.69, 9.17) is 10.5 Å². The molecule has 0 spiro atoms. The van der Waals surface area contributed by atoms with E-state index in [0.717, 1.165) is 11.1 Å². The minimum Gasteiger partial charge on any atom is -0.494 e. The van der Waals surface area contributed by atoms with Crippen LogP contribution in [0.25, 0.3) is 21.8 Å². The summed E-state index contributed by atoms with van der Waals surface area (Å²) in [7, 11) is 0. The molecule has 0 aliphatic carbocycles. The minimum atomic E-state index is -2.01. The average molecular weight is 1430 g/mol. The fraction of sp³-hybridized carbons (Fsp3) is 0.423. The zero-order chi connectivity index (χ0) is 72.2. The molecule has 4 aromatic carbocycles. The number of aromatic amines is 3. The Morgan fingerprint density at radius 1 is 0.663 bits per heavy atom. The van der Waals surface area contributed by atoms with Gasteiger partial charge in [0.1, 0.15) is 65.2 Å². The van der Waals surface area contributed by atoms with E-state index in [1.54, 1.807) is 43.0 Å². The van der Waals surface area contributed by atoms with Crippen LogP contribution in [0.5, 0.6) is 5.75 Å². The predicted octanol–water partition coefficient (Wildman–Crippen LogP) is 4.40. The van der Waals surface area contributed by atoms with E-state index in [2.05, 4.69) is 68.5 Å². The summed E-state index contributed by atoms with van der Waals surface area (Å²) in [6.45, 7) is 5.98. The summed E-state index contributed by atoms with van der Waals surface area (Å²) in [6.07, 6.45) is 5.32. The summed E-state index contributed by atoms with van der Waals surface area (Å²) in [4.78, 5) is 159. The van der Waals surface area contributed by atoms with Gasteiger partial charge in [-0.3, -0.25) is 47.9 Å². The molecular formula is C71H86F2N14O12S2. The van der Waals surface area contributed by atoms with Crippen LogP contribution in [0.15, 0.2) is 110 Å². The zero-order valence-corrected chi connectivity index (χ0v) is 58.0. The first-order chi connectivity index (χ1) is 48.6. The van der Waals surface area contributed by atoms with Gasteiger partial charge in [-0.05, 0) is 136 Å². The smallest absolute Gasteiger partial charge is 0.305 e. The Morgan fingerprint density at radius 2 is 1.24 bits per heavy atom. The first-order valence-corrected chi connectivity index (χ1v) is 36.0. The standard InChI is InChI=1S/C71H86F2N14O12S2/c1-4-99-50-16-12-42(13-17-50)28-60-69(97)87-24-8-21-71(87,3)70(98)76-23-26-101-39-44-10-7-9-43(27-44)38-100-25-20-61(88)81-55(11-5-6-22-74)64(92)80-41(2)63(91)82-56(29-45-35-77-53-18-14-47(72)31-51(45)53)65(93)83-57(30-46-36-78-54-19-15-48(73)32-52(46)54)66(94)85-59(34-62(89)90)68(96)84-58(67(95)86-60)33-49-37-75-40-79-49/h7,9-10,12-19,27,31-32,35-37,40-41,55-60,77-78H,4-6,8,11,20-26,28-30,33-34,38-39,74H2,1-3H3,(H,75,79)(H,76,98)(H,80,92)(H,81,88)(H,82,91)(H,83,93)(H,84,96)(H,85,94)(H,86,95)(H,89,90)/t41-,55+,56+,57+,58+,59+,60+,71+/m1/s1. The maximum Gasteiger partial charge on any atom is 0.305 e. The number of thioether (sulfide) groups is 2. The molecule has 1 saturated heterocycles. The molecule has 1 fully saturated rings. The number of imidazole rings is 1. The number of nitrogens with two attached hydrogens (primary N) is 1. The number of aromatic nitrogens is 4. The van der Waals surface area contributed by atoms with E-state index in [0.29, 0.717) is 95.1 Å². The summed E-state index contributed by atoms with van der Waals surface area (Å²) in [6, 6.07) is 11.7. The molecule has 0 radical (unpaired) electrons. The fourth-order valence-corrected chi connectivity index (χ4v) is 14.0. The fourth-order valence-electron chi connectivity index (χ4n) is 12.3. The SMILES string of the molecule is CCOc1ccc(C[C@@H]2NC(=O)[C@H](Cc3c[nH]cn3)NC(=O)[C@H](CC(=O)O)NC(=O)[C@H](Cc3c[nH]c4ccc(F)cc34)NC(=O)[C@H](Cc3c[nH]c4ccc(F)cc34)NC(=O)[C@@H](C)NC(=O)[C@H](CCCCN)NC(=O)CCSCc3cccc(c3)CSCCNC(=O)[C@]3(C)CCCN3C2=O)cc1. The van der Waals surface area contributed by atoms with Crippen LogP contribution in [-0.2, 0) is 85.1 Å². The topological polar surface area (TPSA) is 386 Å². The van der Waals surface area contributed by atoms with Gasteiger partial charge in [-0.2, -0.15) is 23.5 Å². The maximum atomic E-state index is 15.2. The van der Waals surface area contributed by atoms with Crippen molar-refractivity contribution in [3.8, 4) is 5.75 Å². The number of rotatable bonds is 16. The number of hydrogen-bond acceptors (Lipinski definition) is 15. The third-order valence-electron chi connectivity index (χ3n) is 17.8. The molecule has 5 heterocycles. The molecule has 2 aliphatic rings. The predicted molar refractivity (Wildman–Crippen MR) is 378 cm³/mol. The van der Waals surface area contributed by atoms with Crippen LogP contribution < -0.4 is 53.0 Å². The molecule has 3 aromatic heterocycles. The van der Waals surface area contributed by atoms with Gasteiger partial charge < -0.3 is 78.0 Å². The highest BCUT2D eigenvalue weighted by Gasteiger charge is 2.48. The first kappa shape index (κ1) is 75.4. The van der Waals surface area contributed by atoms with Crippen molar-refractivity contribution in [2.24, 2.45) is 5.73 Å². The Bertz CT molecular complexity index is 4080. The van der Waals surface area contributed by atoms with Gasteiger partial charge in [0.25, 0.3) is 0 Å². The number of carbonyl (C=O) groups excluding carboxylic acids is 9. The van der Waals surface area contributed by atoms with Crippen molar-refractivity contribution in [3.63, 3.8) is 0 Å². The normalized spacial score (nSPS) is 22.7. The lowest BCUT2D eigenvalue weighted by molar-refractivity contribution is -0.146. The van der Waals surface area contributed by atoms with Gasteiger partial charge in [0.2, 0.25) is 53.2 Å². The molecule has 14 N–H and O–H groups in total. The van der Waals surface area contributed by atoms with Crippen molar-refractivity contribution < 1.29 is 66.6 Å². The number of halogens is 2. The Kier molecular flexibility index (Phi) is 26.9. The lowest BCUT2D eigenvalue weighted by Gasteiger charge is -2.36. The van der Waals surface area contributed by atoms with Gasteiger partial charge in [0.05, 0.1) is 25.0 Å². The second kappa shape index (κ2) is 36.0. The largest absolute Gasteiger partial charge is 0.494 e. The monoisotopic (exact) mass is 1430 g/mol. The van der Waals surface area contributed by atoms with E-state index in [1.807, 2.05) is 25.1 Å². The molecule has 26 nitrogen and oxygen atoms in total. The Labute approximate surface area is 590 Å². The van der Waals surface area contributed by atoms with Crippen molar-refractivity contribution in [2.75, 3.05) is 37.7 Å². The number of carbonyl (C=O) groups is 10. The van der Waals surface area contributed by atoms with Crippen molar-refractivity contribution in [1.29, 1.82) is 0 Å². The number of fused-ring (bicyclic) bond motifs is 5. The summed E-state index contributed by atoms with van der Waals surface area (Å²) in [5, 5.41) is 32.7. The van der Waals surface area contributed by atoms with Gasteiger partial charge in [-0.15, -0.1) is 0 Å². The van der Waals surface area contributed by atoms with Crippen LogP contribution in [0.1, 0.15) is 99.2 Å². The molecule has 9 amide bonds. The van der Waals surface area contributed by atoms with E-state index in [-0.39, 0.29) is 61.8 Å². The quantitative estimate of drug-likeness (QED) is 0.0596. The Balaban J connectivity index is 1.06. The van der Waals surface area contributed by atoms with E-state index in [9.17, 15) is 42.7 Å². The highest BCUT2D eigenvalue weighted by Crippen LogP contribution is 2.31. The van der Waals surface area contributed by atoms with Crippen molar-refractivity contribution in [1.82, 2.24) is 67.4 Å².